The van der Waals surface area contributed by atoms with Gasteiger partial charge in [0.25, 0.3) is 11.5 Å². The van der Waals surface area contributed by atoms with Crippen LogP contribution in [0.5, 0.6) is 0 Å². The van der Waals surface area contributed by atoms with Gasteiger partial charge in [0.15, 0.2) is 0 Å². The molecule has 0 bridgehead atoms. The van der Waals surface area contributed by atoms with Crippen LogP contribution >= 0.6 is 11.6 Å². The minimum absolute atomic E-state index is 0.197. The molecular weight excluding hydrogens is 366 g/mol. The Morgan fingerprint density at radius 1 is 1.11 bits per heavy atom. The third-order valence-corrected chi connectivity index (χ3v) is 4.50. The normalized spacial score (nSPS) is 10.6. The highest BCUT2D eigenvalue weighted by molar-refractivity contribution is 6.33. The Morgan fingerprint density at radius 2 is 1.85 bits per heavy atom. The second kappa shape index (κ2) is 7.63. The summed E-state index contributed by atoms with van der Waals surface area (Å²) < 4.78 is 1.33. The standard InChI is InChI=1S/C20H18ClN3O3/c1-12-7-8-16(15(21)9-12)23-18(25)11-24-17-6-4-3-5-13(17)14(10-19(24)26)20(27)22-2/h3-10H,11H2,1-2H3,(H,22,27)(H,23,25). The molecule has 0 fully saturated rings. The molecule has 0 saturated carbocycles. The maximum absolute atomic E-state index is 12.6. The first kappa shape index (κ1) is 18.7. The van der Waals surface area contributed by atoms with Gasteiger partial charge in [-0.1, -0.05) is 35.9 Å². The number of halogens is 1. The van der Waals surface area contributed by atoms with Crippen molar-refractivity contribution in [3.05, 3.63) is 75.0 Å². The number of rotatable bonds is 4. The average Bonchev–Trinajstić information content (AvgIpc) is 2.65. The van der Waals surface area contributed by atoms with E-state index in [0.29, 0.717) is 21.6 Å². The molecule has 6 nitrogen and oxygen atoms in total. The molecule has 3 aromatic rings. The number of aromatic nitrogens is 1. The Hall–Kier alpha value is -3.12. The lowest BCUT2D eigenvalue weighted by Crippen LogP contribution is -2.30. The first-order valence-electron chi connectivity index (χ1n) is 8.31. The van der Waals surface area contributed by atoms with E-state index < -0.39 is 5.56 Å². The largest absolute Gasteiger partial charge is 0.355 e. The van der Waals surface area contributed by atoms with Gasteiger partial charge in [-0.3, -0.25) is 19.0 Å². The zero-order chi connectivity index (χ0) is 19.6. The van der Waals surface area contributed by atoms with E-state index in [4.69, 9.17) is 11.6 Å². The Balaban J connectivity index is 1.97. The van der Waals surface area contributed by atoms with E-state index in [2.05, 4.69) is 10.6 Å². The molecule has 7 heteroatoms. The highest BCUT2D eigenvalue weighted by Crippen LogP contribution is 2.23. The van der Waals surface area contributed by atoms with Crippen molar-refractivity contribution < 1.29 is 9.59 Å². The van der Waals surface area contributed by atoms with Gasteiger partial charge in [0.2, 0.25) is 5.91 Å². The molecule has 1 heterocycles. The quantitative estimate of drug-likeness (QED) is 0.726. The van der Waals surface area contributed by atoms with Crippen LogP contribution in [0.25, 0.3) is 10.9 Å². The number of anilines is 1. The van der Waals surface area contributed by atoms with Crippen LogP contribution in [-0.4, -0.2) is 23.4 Å². The van der Waals surface area contributed by atoms with E-state index in [1.807, 2.05) is 13.0 Å². The summed E-state index contributed by atoms with van der Waals surface area (Å²) in [6, 6.07) is 13.5. The number of pyridine rings is 1. The molecule has 3 rings (SSSR count). The summed E-state index contributed by atoms with van der Waals surface area (Å²) in [5.41, 5.74) is 1.80. The van der Waals surface area contributed by atoms with Crippen molar-refractivity contribution in [3.8, 4) is 0 Å². The fourth-order valence-electron chi connectivity index (χ4n) is 2.88. The number of amides is 2. The van der Waals surface area contributed by atoms with Crippen molar-refractivity contribution in [1.82, 2.24) is 9.88 Å². The number of fused-ring (bicyclic) bond motifs is 1. The number of aryl methyl sites for hydroxylation is 1. The molecule has 0 aliphatic heterocycles. The minimum atomic E-state index is -0.433. The molecule has 2 aromatic carbocycles. The van der Waals surface area contributed by atoms with Crippen molar-refractivity contribution in [2.24, 2.45) is 0 Å². The van der Waals surface area contributed by atoms with Gasteiger partial charge < -0.3 is 10.6 Å². The van der Waals surface area contributed by atoms with Crippen LogP contribution in [0.2, 0.25) is 5.02 Å². The van der Waals surface area contributed by atoms with Crippen LogP contribution < -0.4 is 16.2 Å². The zero-order valence-electron chi connectivity index (χ0n) is 14.9. The predicted octanol–water partition coefficient (Wildman–Crippen LogP) is 2.96. The lowest BCUT2D eigenvalue weighted by Gasteiger charge is -2.13. The smallest absolute Gasteiger partial charge is 0.252 e. The van der Waals surface area contributed by atoms with Gasteiger partial charge in [0.1, 0.15) is 6.54 Å². The maximum Gasteiger partial charge on any atom is 0.252 e. The molecule has 2 N–H and O–H groups in total. The molecule has 0 aliphatic carbocycles. The summed E-state index contributed by atoms with van der Waals surface area (Å²) >= 11 is 6.15. The summed E-state index contributed by atoms with van der Waals surface area (Å²) in [6.07, 6.45) is 0. The summed E-state index contributed by atoms with van der Waals surface area (Å²) in [7, 11) is 1.50. The van der Waals surface area contributed by atoms with E-state index in [-0.39, 0.29) is 23.9 Å². The van der Waals surface area contributed by atoms with E-state index in [0.717, 1.165) is 5.56 Å². The van der Waals surface area contributed by atoms with Crippen molar-refractivity contribution >= 4 is 40.0 Å². The molecule has 0 radical (unpaired) electrons. The van der Waals surface area contributed by atoms with E-state index in [9.17, 15) is 14.4 Å². The highest BCUT2D eigenvalue weighted by atomic mass is 35.5. The van der Waals surface area contributed by atoms with E-state index >= 15 is 0 Å². The second-order valence-electron chi connectivity index (χ2n) is 6.11. The number of nitrogens with one attached hydrogen (secondary N) is 2. The van der Waals surface area contributed by atoms with Crippen molar-refractivity contribution in [3.63, 3.8) is 0 Å². The third kappa shape index (κ3) is 3.85. The summed E-state index contributed by atoms with van der Waals surface area (Å²) in [6.45, 7) is 1.70. The summed E-state index contributed by atoms with van der Waals surface area (Å²) in [5, 5.41) is 6.26. The van der Waals surface area contributed by atoms with Gasteiger partial charge in [-0.25, -0.2) is 0 Å². The molecule has 0 saturated heterocycles. The average molecular weight is 384 g/mol. The fourth-order valence-corrected chi connectivity index (χ4v) is 3.16. The van der Waals surface area contributed by atoms with Crippen LogP contribution in [-0.2, 0) is 11.3 Å². The Kier molecular flexibility index (Phi) is 5.28. The van der Waals surface area contributed by atoms with Gasteiger partial charge in [0, 0.05) is 18.5 Å². The first-order valence-corrected chi connectivity index (χ1v) is 8.69. The topological polar surface area (TPSA) is 80.2 Å². The van der Waals surface area contributed by atoms with Crippen LogP contribution in [0.1, 0.15) is 15.9 Å². The fraction of sp³-hybridized carbons (Fsp3) is 0.150. The summed E-state index contributed by atoms with van der Waals surface area (Å²) in [4.78, 5) is 37.1. The lowest BCUT2D eigenvalue weighted by molar-refractivity contribution is -0.116. The molecular formula is C20H18ClN3O3. The Bertz CT molecular complexity index is 1110. The molecule has 27 heavy (non-hydrogen) atoms. The van der Waals surface area contributed by atoms with Crippen LogP contribution in [0.15, 0.2) is 53.3 Å². The van der Waals surface area contributed by atoms with Crippen molar-refractivity contribution in [2.75, 3.05) is 12.4 Å². The van der Waals surface area contributed by atoms with Crippen molar-refractivity contribution in [2.45, 2.75) is 13.5 Å². The predicted molar refractivity (Wildman–Crippen MR) is 106 cm³/mol. The van der Waals surface area contributed by atoms with Crippen LogP contribution in [0.4, 0.5) is 5.69 Å². The lowest BCUT2D eigenvalue weighted by atomic mass is 10.1. The third-order valence-electron chi connectivity index (χ3n) is 4.19. The minimum Gasteiger partial charge on any atom is -0.355 e. The van der Waals surface area contributed by atoms with Crippen LogP contribution in [0.3, 0.4) is 0 Å². The van der Waals surface area contributed by atoms with E-state index in [1.165, 1.54) is 17.7 Å². The molecule has 0 unspecified atom stereocenters. The molecule has 0 atom stereocenters. The summed E-state index contributed by atoms with van der Waals surface area (Å²) in [5.74, 6) is -0.743. The second-order valence-corrected chi connectivity index (χ2v) is 6.52. The van der Waals surface area contributed by atoms with Gasteiger partial charge in [-0.05, 0) is 30.7 Å². The number of hydrogen-bond donors (Lipinski definition) is 2. The van der Waals surface area contributed by atoms with Gasteiger partial charge in [0.05, 0.1) is 21.8 Å². The number of para-hydroxylation sites is 1. The van der Waals surface area contributed by atoms with Gasteiger partial charge in [-0.15, -0.1) is 0 Å². The number of nitrogens with zero attached hydrogens (tertiary/aromatic N) is 1. The molecule has 2 amide bonds. The highest BCUT2D eigenvalue weighted by Gasteiger charge is 2.15. The Morgan fingerprint density at radius 3 is 2.56 bits per heavy atom. The molecule has 0 aliphatic rings. The SMILES string of the molecule is CNC(=O)c1cc(=O)n(CC(=O)Nc2ccc(C)cc2Cl)c2ccccc12. The molecule has 1 aromatic heterocycles. The maximum atomic E-state index is 12.6. The number of hydrogen-bond acceptors (Lipinski definition) is 3. The monoisotopic (exact) mass is 383 g/mol. The van der Waals surface area contributed by atoms with Gasteiger partial charge >= 0.3 is 0 Å². The zero-order valence-corrected chi connectivity index (χ0v) is 15.6. The molecule has 138 valence electrons. The Labute approximate surface area is 160 Å². The molecule has 0 spiro atoms. The number of carbonyl (C=O) groups is 2. The first-order chi connectivity index (χ1) is 12.9. The van der Waals surface area contributed by atoms with E-state index in [1.54, 1.807) is 36.4 Å². The number of carbonyl (C=O) groups excluding carboxylic acids is 2. The van der Waals surface area contributed by atoms with Gasteiger partial charge in [-0.2, -0.15) is 0 Å². The van der Waals surface area contributed by atoms with Crippen molar-refractivity contribution in [1.29, 1.82) is 0 Å². The van der Waals surface area contributed by atoms with Crippen LogP contribution in [0, 0.1) is 6.92 Å². The number of benzene rings is 2.